The smallest absolute Gasteiger partial charge is 0.222 e. The molecule has 2 atom stereocenters. The summed E-state index contributed by atoms with van der Waals surface area (Å²) in [5, 5.41) is 3.62. The molecule has 0 bridgehead atoms. The van der Waals surface area contributed by atoms with Crippen molar-refractivity contribution in [3.63, 3.8) is 0 Å². The van der Waals surface area contributed by atoms with Crippen LogP contribution in [0, 0.1) is 0 Å². The van der Waals surface area contributed by atoms with E-state index in [0.29, 0.717) is 12.5 Å². The van der Waals surface area contributed by atoms with Gasteiger partial charge in [-0.15, -0.1) is 0 Å². The summed E-state index contributed by atoms with van der Waals surface area (Å²) in [6.45, 7) is 9.09. The second-order valence-electron chi connectivity index (χ2n) is 7.18. The second kappa shape index (κ2) is 6.69. The lowest BCUT2D eigenvalue weighted by atomic mass is 10.0. The van der Waals surface area contributed by atoms with E-state index in [4.69, 9.17) is 4.74 Å². The highest BCUT2D eigenvalue weighted by molar-refractivity contribution is 5.76. The molecule has 1 aliphatic heterocycles. The Morgan fingerprint density at radius 3 is 2.45 bits per heavy atom. The van der Waals surface area contributed by atoms with Gasteiger partial charge in [-0.1, -0.05) is 12.1 Å². The highest BCUT2D eigenvalue weighted by atomic mass is 16.5. The fraction of sp³-hybridized carbons (Fsp3) is 0.611. The van der Waals surface area contributed by atoms with E-state index >= 15 is 0 Å². The number of hydrogen-bond acceptors (Lipinski definition) is 3. The van der Waals surface area contributed by atoms with Crippen molar-refractivity contribution >= 4 is 5.91 Å². The third-order valence-electron chi connectivity index (χ3n) is 3.92. The first-order valence-electron chi connectivity index (χ1n) is 8.03. The van der Waals surface area contributed by atoms with Crippen LogP contribution in [0.25, 0.3) is 0 Å². The number of nitrogens with zero attached hydrogens (tertiary/aromatic N) is 1. The third-order valence-corrected chi connectivity index (χ3v) is 3.92. The van der Waals surface area contributed by atoms with E-state index in [9.17, 15) is 4.79 Å². The largest absolute Gasteiger partial charge is 0.488 e. The fourth-order valence-corrected chi connectivity index (χ4v) is 2.78. The van der Waals surface area contributed by atoms with Gasteiger partial charge in [0.05, 0.1) is 0 Å². The Morgan fingerprint density at radius 2 is 1.91 bits per heavy atom. The van der Waals surface area contributed by atoms with Gasteiger partial charge in [-0.05, 0) is 51.8 Å². The molecule has 2 rings (SSSR count). The first kappa shape index (κ1) is 16.8. The van der Waals surface area contributed by atoms with Gasteiger partial charge in [0.25, 0.3) is 0 Å². The van der Waals surface area contributed by atoms with Crippen LogP contribution in [0.4, 0.5) is 0 Å². The molecule has 1 heterocycles. The molecular weight excluding hydrogens is 276 g/mol. The predicted octanol–water partition coefficient (Wildman–Crippen LogP) is 3.14. The molecule has 0 aromatic heterocycles. The summed E-state index contributed by atoms with van der Waals surface area (Å²) in [6, 6.07) is 8.88. The Morgan fingerprint density at radius 1 is 1.27 bits per heavy atom. The summed E-state index contributed by atoms with van der Waals surface area (Å²) >= 11 is 0. The van der Waals surface area contributed by atoms with E-state index in [1.54, 1.807) is 0 Å². The zero-order valence-electron chi connectivity index (χ0n) is 14.3. The summed E-state index contributed by atoms with van der Waals surface area (Å²) in [4.78, 5) is 13.3. The number of benzene rings is 1. The SMILES string of the molecule is C[C@@H](N[C@@H]1CCC(=O)N(C)C1)c1ccc(OC(C)(C)C)cc1. The molecule has 4 heteroatoms. The van der Waals surface area contributed by atoms with Crippen molar-refractivity contribution in [2.75, 3.05) is 13.6 Å². The van der Waals surface area contributed by atoms with Gasteiger partial charge in [-0.3, -0.25) is 4.79 Å². The quantitative estimate of drug-likeness (QED) is 0.929. The van der Waals surface area contributed by atoms with Crippen LogP contribution in [-0.4, -0.2) is 36.0 Å². The van der Waals surface area contributed by atoms with Crippen molar-refractivity contribution < 1.29 is 9.53 Å². The normalized spacial score (nSPS) is 20.9. The average Bonchev–Trinajstić information content (AvgIpc) is 2.42. The molecule has 1 fully saturated rings. The number of nitrogens with one attached hydrogen (secondary N) is 1. The van der Waals surface area contributed by atoms with Crippen molar-refractivity contribution in [1.82, 2.24) is 10.2 Å². The van der Waals surface area contributed by atoms with Gasteiger partial charge in [0.1, 0.15) is 11.4 Å². The maximum absolute atomic E-state index is 11.5. The molecular formula is C18H28N2O2. The maximum atomic E-state index is 11.5. The molecule has 0 radical (unpaired) electrons. The van der Waals surface area contributed by atoms with Crippen molar-refractivity contribution in [1.29, 1.82) is 0 Å². The number of rotatable bonds is 4. The monoisotopic (exact) mass is 304 g/mol. The minimum Gasteiger partial charge on any atom is -0.488 e. The average molecular weight is 304 g/mol. The van der Waals surface area contributed by atoms with E-state index < -0.39 is 0 Å². The molecule has 0 spiro atoms. The van der Waals surface area contributed by atoms with Gasteiger partial charge in [0.15, 0.2) is 0 Å². The van der Waals surface area contributed by atoms with Crippen LogP contribution < -0.4 is 10.1 Å². The molecule has 122 valence electrons. The number of ether oxygens (including phenoxy) is 1. The number of carbonyl (C=O) groups excluding carboxylic acids is 1. The van der Waals surface area contributed by atoms with Crippen LogP contribution in [0.5, 0.6) is 5.75 Å². The van der Waals surface area contributed by atoms with Gasteiger partial charge in [0.2, 0.25) is 5.91 Å². The summed E-state index contributed by atoms with van der Waals surface area (Å²) in [5.74, 6) is 1.14. The van der Waals surface area contributed by atoms with Gasteiger partial charge >= 0.3 is 0 Å². The summed E-state index contributed by atoms with van der Waals surface area (Å²) in [6.07, 6.45) is 1.55. The first-order valence-corrected chi connectivity index (χ1v) is 8.03. The standard InChI is InChI=1S/C18H28N2O2/c1-13(19-15-8-11-17(21)20(5)12-15)14-6-9-16(10-7-14)22-18(2,3)4/h6-7,9-10,13,15,19H,8,11-12H2,1-5H3/t13-,15-/m1/s1. The lowest BCUT2D eigenvalue weighted by Crippen LogP contribution is -2.47. The van der Waals surface area contributed by atoms with Crippen molar-refractivity contribution in [2.24, 2.45) is 0 Å². The van der Waals surface area contributed by atoms with Crippen molar-refractivity contribution in [3.8, 4) is 5.75 Å². The fourth-order valence-electron chi connectivity index (χ4n) is 2.78. The number of carbonyl (C=O) groups is 1. The predicted molar refractivity (Wildman–Crippen MR) is 89.0 cm³/mol. The minimum atomic E-state index is -0.176. The van der Waals surface area contributed by atoms with Crippen LogP contribution in [0.2, 0.25) is 0 Å². The number of likely N-dealkylation sites (N-methyl/N-ethyl adjacent to an activating group) is 1. The van der Waals surface area contributed by atoms with Crippen molar-refractivity contribution in [3.05, 3.63) is 29.8 Å². The first-order chi connectivity index (χ1) is 10.2. The second-order valence-corrected chi connectivity index (χ2v) is 7.18. The number of amides is 1. The highest BCUT2D eigenvalue weighted by Crippen LogP contribution is 2.22. The highest BCUT2D eigenvalue weighted by Gasteiger charge is 2.24. The molecule has 0 aliphatic carbocycles. The molecule has 0 saturated carbocycles. The van der Waals surface area contributed by atoms with Crippen LogP contribution in [0.1, 0.15) is 52.1 Å². The third kappa shape index (κ3) is 4.73. The molecule has 4 nitrogen and oxygen atoms in total. The van der Waals surface area contributed by atoms with Crippen LogP contribution >= 0.6 is 0 Å². The topological polar surface area (TPSA) is 41.6 Å². The van der Waals surface area contributed by atoms with Gasteiger partial charge in [-0.2, -0.15) is 0 Å². The molecule has 1 aromatic carbocycles. The van der Waals surface area contributed by atoms with Gasteiger partial charge in [0, 0.05) is 32.1 Å². The van der Waals surface area contributed by atoms with Crippen LogP contribution in [0.3, 0.4) is 0 Å². The van der Waals surface area contributed by atoms with E-state index in [2.05, 4.69) is 24.4 Å². The van der Waals surface area contributed by atoms with E-state index in [1.165, 1.54) is 5.56 Å². The molecule has 22 heavy (non-hydrogen) atoms. The van der Waals surface area contributed by atoms with Crippen LogP contribution in [0.15, 0.2) is 24.3 Å². The number of hydrogen-bond donors (Lipinski definition) is 1. The molecule has 1 aromatic rings. The van der Waals surface area contributed by atoms with E-state index in [1.807, 2.05) is 44.9 Å². The number of piperidine rings is 1. The lowest BCUT2D eigenvalue weighted by molar-refractivity contribution is -0.132. The summed E-state index contributed by atoms with van der Waals surface area (Å²) in [5.41, 5.74) is 1.06. The minimum absolute atomic E-state index is 0.176. The summed E-state index contributed by atoms with van der Waals surface area (Å²) < 4.78 is 5.85. The zero-order valence-corrected chi connectivity index (χ0v) is 14.3. The lowest BCUT2D eigenvalue weighted by Gasteiger charge is -2.32. The van der Waals surface area contributed by atoms with Gasteiger partial charge < -0.3 is 15.0 Å². The zero-order chi connectivity index (χ0) is 16.3. The Kier molecular flexibility index (Phi) is 5.12. The molecule has 1 N–H and O–H groups in total. The molecule has 0 unspecified atom stereocenters. The van der Waals surface area contributed by atoms with E-state index in [0.717, 1.165) is 18.7 Å². The van der Waals surface area contributed by atoms with E-state index in [-0.39, 0.29) is 17.6 Å². The molecule has 1 aliphatic rings. The van der Waals surface area contributed by atoms with Crippen molar-refractivity contribution in [2.45, 2.75) is 58.2 Å². The molecule has 1 saturated heterocycles. The van der Waals surface area contributed by atoms with Gasteiger partial charge in [-0.25, -0.2) is 0 Å². The molecule has 1 amide bonds. The van der Waals surface area contributed by atoms with Crippen LogP contribution in [-0.2, 0) is 4.79 Å². The Hall–Kier alpha value is -1.55. The maximum Gasteiger partial charge on any atom is 0.222 e. The Labute approximate surface area is 133 Å². The Bertz CT molecular complexity index is 505. The Balaban J connectivity index is 1.92. The number of likely N-dealkylation sites (tertiary alicyclic amines) is 1. The summed E-state index contributed by atoms with van der Waals surface area (Å²) in [7, 11) is 1.87.